The second kappa shape index (κ2) is 6.82. The Kier molecular flexibility index (Phi) is 5.37. The first-order chi connectivity index (χ1) is 9.08. The third kappa shape index (κ3) is 4.01. The van der Waals surface area contributed by atoms with Crippen LogP contribution in [0, 0.1) is 5.82 Å². The Labute approximate surface area is 123 Å². The van der Waals surface area contributed by atoms with Crippen molar-refractivity contribution in [3.63, 3.8) is 0 Å². The first-order valence-electron chi connectivity index (χ1n) is 7.00. The van der Waals surface area contributed by atoms with E-state index in [0.29, 0.717) is 6.04 Å². The van der Waals surface area contributed by atoms with Crippen LogP contribution in [0.1, 0.15) is 38.3 Å². The topological polar surface area (TPSA) is 15.3 Å². The number of halogens is 2. The summed E-state index contributed by atoms with van der Waals surface area (Å²) in [5.41, 5.74) is 0.733. The molecule has 0 saturated carbocycles. The molecule has 2 nitrogen and oxygen atoms in total. The number of rotatable bonds is 5. The first kappa shape index (κ1) is 14.9. The maximum atomic E-state index is 13.8. The fourth-order valence-corrected chi connectivity index (χ4v) is 2.95. The van der Waals surface area contributed by atoms with Crippen molar-refractivity contribution < 1.29 is 4.39 Å². The Hall–Kier alpha value is -0.450. The molecule has 0 aliphatic carbocycles. The van der Waals surface area contributed by atoms with Gasteiger partial charge in [0.05, 0.1) is 0 Å². The maximum absolute atomic E-state index is 13.8. The molecule has 1 aliphatic heterocycles. The molecule has 2 unspecified atom stereocenters. The highest BCUT2D eigenvalue weighted by atomic mass is 79.9. The van der Waals surface area contributed by atoms with Gasteiger partial charge in [-0.3, -0.25) is 4.90 Å². The molecule has 0 amide bonds. The largest absolute Gasteiger partial charge is 0.309 e. The van der Waals surface area contributed by atoms with Crippen LogP contribution in [-0.2, 0) is 0 Å². The Morgan fingerprint density at radius 3 is 2.63 bits per heavy atom. The molecule has 1 fully saturated rings. The quantitative estimate of drug-likeness (QED) is 0.886. The molecule has 1 aliphatic rings. The smallest absolute Gasteiger partial charge is 0.129 e. The van der Waals surface area contributed by atoms with Crippen LogP contribution >= 0.6 is 15.9 Å². The van der Waals surface area contributed by atoms with Crippen LogP contribution in [0.3, 0.4) is 0 Å². The number of nitrogens with one attached hydrogen (secondary N) is 1. The second-order valence-electron chi connectivity index (χ2n) is 5.39. The molecule has 106 valence electrons. The molecule has 1 saturated heterocycles. The van der Waals surface area contributed by atoms with Gasteiger partial charge in [0, 0.05) is 28.7 Å². The molecular formula is C15H22BrFN2. The van der Waals surface area contributed by atoms with Gasteiger partial charge in [0.15, 0.2) is 0 Å². The zero-order valence-corrected chi connectivity index (χ0v) is 13.2. The summed E-state index contributed by atoms with van der Waals surface area (Å²) in [5, 5.41) is 3.44. The molecule has 0 bridgehead atoms. The van der Waals surface area contributed by atoms with E-state index < -0.39 is 0 Å². The fourth-order valence-electron chi connectivity index (χ4n) is 2.62. The summed E-state index contributed by atoms with van der Waals surface area (Å²) in [6, 6.07) is 5.82. The van der Waals surface area contributed by atoms with Gasteiger partial charge in [0.1, 0.15) is 5.82 Å². The highest BCUT2D eigenvalue weighted by Crippen LogP contribution is 2.21. The highest BCUT2D eigenvalue weighted by Gasteiger charge is 2.19. The predicted molar refractivity (Wildman–Crippen MR) is 80.8 cm³/mol. The molecule has 1 aromatic rings. The molecule has 0 aromatic heterocycles. The van der Waals surface area contributed by atoms with E-state index in [1.165, 1.54) is 32.0 Å². The van der Waals surface area contributed by atoms with Crippen LogP contribution in [0.4, 0.5) is 4.39 Å². The second-order valence-corrected chi connectivity index (χ2v) is 6.30. The van der Waals surface area contributed by atoms with Crippen molar-refractivity contribution in [3.8, 4) is 0 Å². The lowest BCUT2D eigenvalue weighted by molar-refractivity contribution is 0.246. The average molecular weight is 329 g/mol. The molecule has 2 rings (SSSR count). The lowest BCUT2D eigenvalue weighted by Crippen LogP contribution is -2.39. The van der Waals surface area contributed by atoms with Gasteiger partial charge in [-0.2, -0.15) is 0 Å². The van der Waals surface area contributed by atoms with Crippen molar-refractivity contribution in [3.05, 3.63) is 34.1 Å². The minimum atomic E-state index is -0.150. The van der Waals surface area contributed by atoms with E-state index in [2.05, 4.69) is 33.1 Å². The lowest BCUT2D eigenvalue weighted by atomic mass is 10.1. The van der Waals surface area contributed by atoms with Gasteiger partial charge in [-0.25, -0.2) is 4.39 Å². The standard InChI is InChI=1S/C15H22BrFN2/c1-11(19-7-3-4-8-19)10-18-12(2)14-6-5-13(16)9-15(14)17/h5-6,9,11-12,18H,3-4,7-8,10H2,1-2H3. The van der Waals surface area contributed by atoms with Crippen LogP contribution in [0.2, 0.25) is 0 Å². The van der Waals surface area contributed by atoms with E-state index >= 15 is 0 Å². The number of benzene rings is 1. The summed E-state index contributed by atoms with van der Waals surface area (Å²) >= 11 is 3.29. The van der Waals surface area contributed by atoms with Crippen LogP contribution in [-0.4, -0.2) is 30.6 Å². The SMILES string of the molecule is CC(NCC(C)N1CCCC1)c1ccc(Br)cc1F. The van der Waals surface area contributed by atoms with Gasteiger partial charge < -0.3 is 5.32 Å². The van der Waals surface area contributed by atoms with Crippen LogP contribution in [0.25, 0.3) is 0 Å². The van der Waals surface area contributed by atoms with E-state index in [4.69, 9.17) is 0 Å². The van der Waals surface area contributed by atoms with E-state index in [1.54, 1.807) is 0 Å². The van der Waals surface area contributed by atoms with E-state index in [9.17, 15) is 4.39 Å². The van der Waals surface area contributed by atoms with Gasteiger partial charge in [-0.1, -0.05) is 22.0 Å². The molecule has 1 N–H and O–H groups in total. The predicted octanol–water partition coefficient (Wildman–Crippen LogP) is 3.72. The van der Waals surface area contributed by atoms with Crippen LogP contribution in [0.5, 0.6) is 0 Å². The monoisotopic (exact) mass is 328 g/mol. The van der Waals surface area contributed by atoms with Gasteiger partial charge in [-0.15, -0.1) is 0 Å². The minimum absolute atomic E-state index is 0.0400. The summed E-state index contributed by atoms with van der Waals surface area (Å²) in [4.78, 5) is 2.50. The van der Waals surface area contributed by atoms with Crippen molar-refractivity contribution >= 4 is 15.9 Å². The zero-order chi connectivity index (χ0) is 13.8. The van der Waals surface area contributed by atoms with Gasteiger partial charge in [-0.05, 0) is 51.9 Å². The van der Waals surface area contributed by atoms with Crippen molar-refractivity contribution in [2.45, 2.75) is 38.8 Å². The van der Waals surface area contributed by atoms with Gasteiger partial charge in [0.2, 0.25) is 0 Å². The number of hydrogen-bond acceptors (Lipinski definition) is 2. The number of nitrogens with zero attached hydrogens (tertiary/aromatic N) is 1. The van der Waals surface area contributed by atoms with Crippen molar-refractivity contribution in [2.24, 2.45) is 0 Å². The van der Waals surface area contributed by atoms with E-state index in [-0.39, 0.29) is 11.9 Å². The normalized spacial score (nSPS) is 19.6. The highest BCUT2D eigenvalue weighted by molar-refractivity contribution is 9.10. The summed E-state index contributed by atoms with van der Waals surface area (Å²) < 4.78 is 14.6. The number of hydrogen-bond donors (Lipinski definition) is 1. The van der Waals surface area contributed by atoms with Gasteiger partial charge >= 0.3 is 0 Å². The van der Waals surface area contributed by atoms with Crippen molar-refractivity contribution in [1.82, 2.24) is 10.2 Å². The molecule has 1 aromatic carbocycles. The van der Waals surface area contributed by atoms with E-state index in [1.807, 2.05) is 19.1 Å². The van der Waals surface area contributed by atoms with Crippen molar-refractivity contribution in [1.29, 1.82) is 0 Å². The summed E-state index contributed by atoms with van der Waals surface area (Å²) in [7, 11) is 0. The molecular weight excluding hydrogens is 307 g/mol. The molecule has 19 heavy (non-hydrogen) atoms. The molecule has 0 spiro atoms. The summed E-state index contributed by atoms with van der Waals surface area (Å²) in [5.74, 6) is -0.150. The average Bonchev–Trinajstić information content (AvgIpc) is 2.89. The molecule has 0 radical (unpaired) electrons. The van der Waals surface area contributed by atoms with Gasteiger partial charge in [0.25, 0.3) is 0 Å². The molecule has 4 heteroatoms. The van der Waals surface area contributed by atoms with Crippen LogP contribution in [0.15, 0.2) is 22.7 Å². The Morgan fingerprint density at radius 1 is 1.32 bits per heavy atom. The maximum Gasteiger partial charge on any atom is 0.129 e. The lowest BCUT2D eigenvalue weighted by Gasteiger charge is -2.26. The van der Waals surface area contributed by atoms with E-state index in [0.717, 1.165) is 16.6 Å². The first-order valence-corrected chi connectivity index (χ1v) is 7.79. The Balaban J connectivity index is 1.88. The zero-order valence-electron chi connectivity index (χ0n) is 11.6. The van der Waals surface area contributed by atoms with Crippen molar-refractivity contribution in [2.75, 3.05) is 19.6 Å². The summed E-state index contributed by atoms with van der Waals surface area (Å²) in [6.45, 7) is 7.55. The van der Waals surface area contributed by atoms with Crippen LogP contribution < -0.4 is 5.32 Å². The fraction of sp³-hybridized carbons (Fsp3) is 0.600. The third-order valence-corrected chi connectivity index (χ3v) is 4.41. The number of likely N-dealkylation sites (tertiary alicyclic amines) is 1. The molecule has 1 heterocycles. The Bertz CT molecular complexity index is 419. The minimum Gasteiger partial charge on any atom is -0.309 e. The molecule has 2 atom stereocenters. The Morgan fingerprint density at radius 2 is 2.00 bits per heavy atom. The summed E-state index contributed by atoms with van der Waals surface area (Å²) in [6.07, 6.45) is 2.61. The third-order valence-electron chi connectivity index (χ3n) is 3.91.